The first-order valence-electron chi connectivity index (χ1n) is 7.43. The zero-order chi connectivity index (χ0) is 18.8. The fourth-order valence-electron chi connectivity index (χ4n) is 1.85. The Morgan fingerprint density at radius 3 is 2.52 bits per heavy atom. The van der Waals surface area contributed by atoms with Crippen LogP contribution in [0.3, 0.4) is 0 Å². The molecule has 0 amide bonds. The smallest absolute Gasteiger partial charge is 0.335 e. The number of hydrogen-bond acceptors (Lipinski definition) is 5. The maximum absolute atomic E-state index is 10.6. The predicted molar refractivity (Wildman–Crippen MR) is 94.2 cm³/mol. The number of fused-ring (bicyclic) bond motifs is 1. The van der Waals surface area contributed by atoms with E-state index < -0.39 is 18.0 Å². The van der Waals surface area contributed by atoms with Crippen LogP contribution in [0.15, 0.2) is 41.5 Å². The number of pyridine rings is 1. The van der Waals surface area contributed by atoms with Gasteiger partial charge in [-0.3, -0.25) is 14.8 Å². The van der Waals surface area contributed by atoms with Crippen molar-refractivity contribution in [1.82, 2.24) is 4.98 Å². The molecule has 134 valence electrons. The number of nitrogens with zero attached hydrogens (tertiary/aromatic N) is 2. The standard InChI is InChI=1S/C10H7NO2.C6H14N4O2/c12-10(13)8-3-4-9-7(6-8)2-1-5-11-9;7-4(5(11)12)2-1-3-10-6(8)9/h1-6H,(H,12,13);4H,1-3,7H2,(H,11,12)(H4,8,9,10)/t;4-/m.0/s1. The first kappa shape index (κ1) is 19.8. The quantitative estimate of drug-likeness (QED) is 0.283. The highest BCUT2D eigenvalue weighted by atomic mass is 16.4. The number of aliphatic imine (C=N–C) groups is 1. The molecular formula is C16H21N5O4. The lowest BCUT2D eigenvalue weighted by molar-refractivity contribution is -0.138. The first-order valence-corrected chi connectivity index (χ1v) is 7.43. The third-order valence-corrected chi connectivity index (χ3v) is 3.13. The van der Waals surface area contributed by atoms with E-state index in [0.717, 1.165) is 10.9 Å². The Hall–Kier alpha value is -3.20. The number of benzene rings is 1. The number of carbonyl (C=O) groups is 2. The highest BCUT2D eigenvalue weighted by molar-refractivity contribution is 5.93. The van der Waals surface area contributed by atoms with E-state index in [1.165, 1.54) is 0 Å². The lowest BCUT2D eigenvalue weighted by Crippen LogP contribution is -2.30. The summed E-state index contributed by atoms with van der Waals surface area (Å²) in [5.74, 6) is -1.90. The predicted octanol–water partition coefficient (Wildman–Crippen LogP) is 0.385. The van der Waals surface area contributed by atoms with Crippen molar-refractivity contribution < 1.29 is 19.8 Å². The van der Waals surface area contributed by atoms with Crippen LogP contribution in [0.25, 0.3) is 10.9 Å². The molecule has 0 saturated heterocycles. The summed E-state index contributed by atoms with van der Waals surface area (Å²) in [6.07, 6.45) is 2.64. The molecule has 9 nitrogen and oxygen atoms in total. The second-order valence-electron chi connectivity index (χ2n) is 5.11. The van der Waals surface area contributed by atoms with Gasteiger partial charge in [-0.1, -0.05) is 6.07 Å². The van der Waals surface area contributed by atoms with Crippen LogP contribution in [0, 0.1) is 0 Å². The van der Waals surface area contributed by atoms with Crippen molar-refractivity contribution in [3.8, 4) is 0 Å². The minimum absolute atomic E-state index is 0.0129. The summed E-state index contributed by atoms with van der Waals surface area (Å²) in [5.41, 5.74) is 16.4. The molecule has 1 atom stereocenters. The van der Waals surface area contributed by atoms with E-state index in [9.17, 15) is 9.59 Å². The number of aromatic carboxylic acids is 1. The van der Waals surface area contributed by atoms with Crippen LogP contribution in [-0.4, -0.2) is 45.7 Å². The number of aliphatic carboxylic acids is 1. The molecule has 0 saturated carbocycles. The molecule has 9 heteroatoms. The Labute approximate surface area is 144 Å². The van der Waals surface area contributed by atoms with Crippen molar-refractivity contribution in [3.63, 3.8) is 0 Å². The SMILES string of the molecule is NC(N)=NCCC[C@H](N)C(=O)O.O=C(O)c1ccc2ncccc2c1. The highest BCUT2D eigenvalue weighted by Gasteiger charge is 2.09. The van der Waals surface area contributed by atoms with Gasteiger partial charge in [0.15, 0.2) is 5.96 Å². The molecule has 0 aliphatic carbocycles. The molecule has 0 fully saturated rings. The summed E-state index contributed by atoms with van der Waals surface area (Å²) in [5, 5.41) is 18.0. The second kappa shape index (κ2) is 9.83. The lowest BCUT2D eigenvalue weighted by Gasteiger charge is -2.03. The summed E-state index contributed by atoms with van der Waals surface area (Å²) >= 11 is 0. The molecule has 0 spiro atoms. The summed E-state index contributed by atoms with van der Waals surface area (Å²) in [6.45, 7) is 0.420. The van der Waals surface area contributed by atoms with Crippen LogP contribution in [0.4, 0.5) is 0 Å². The van der Waals surface area contributed by atoms with E-state index in [-0.39, 0.29) is 5.96 Å². The van der Waals surface area contributed by atoms with Gasteiger partial charge in [0.1, 0.15) is 6.04 Å². The normalized spacial score (nSPS) is 11.1. The fraction of sp³-hybridized carbons (Fsp3) is 0.250. The highest BCUT2D eigenvalue weighted by Crippen LogP contribution is 2.12. The van der Waals surface area contributed by atoms with Crippen molar-refractivity contribution in [2.75, 3.05) is 6.54 Å². The fourth-order valence-corrected chi connectivity index (χ4v) is 1.85. The van der Waals surface area contributed by atoms with Gasteiger partial charge in [0, 0.05) is 18.1 Å². The van der Waals surface area contributed by atoms with Crippen molar-refractivity contribution in [1.29, 1.82) is 0 Å². The number of nitrogens with two attached hydrogens (primary N) is 3. The average Bonchev–Trinajstić information content (AvgIpc) is 2.58. The largest absolute Gasteiger partial charge is 0.480 e. The van der Waals surface area contributed by atoms with Gasteiger partial charge in [-0.15, -0.1) is 0 Å². The Balaban J connectivity index is 0.000000252. The molecule has 0 aliphatic heterocycles. The number of rotatable bonds is 6. The Kier molecular flexibility index (Phi) is 7.80. The van der Waals surface area contributed by atoms with Gasteiger partial charge in [0.05, 0.1) is 11.1 Å². The second-order valence-corrected chi connectivity index (χ2v) is 5.11. The van der Waals surface area contributed by atoms with E-state index in [0.29, 0.717) is 24.9 Å². The van der Waals surface area contributed by atoms with Crippen LogP contribution < -0.4 is 17.2 Å². The first-order chi connectivity index (χ1) is 11.8. The maximum atomic E-state index is 10.6. The third kappa shape index (κ3) is 7.27. The molecule has 0 aliphatic rings. The van der Waals surface area contributed by atoms with Crippen molar-refractivity contribution >= 4 is 28.8 Å². The average molecular weight is 347 g/mol. The number of guanidine groups is 1. The molecule has 25 heavy (non-hydrogen) atoms. The van der Waals surface area contributed by atoms with Crippen molar-refractivity contribution in [2.24, 2.45) is 22.2 Å². The van der Waals surface area contributed by atoms with E-state index >= 15 is 0 Å². The Morgan fingerprint density at radius 2 is 1.92 bits per heavy atom. The third-order valence-electron chi connectivity index (χ3n) is 3.13. The van der Waals surface area contributed by atoms with Gasteiger partial charge >= 0.3 is 11.9 Å². The van der Waals surface area contributed by atoms with Gasteiger partial charge < -0.3 is 27.4 Å². The van der Waals surface area contributed by atoms with Gasteiger partial charge in [0.25, 0.3) is 0 Å². The maximum Gasteiger partial charge on any atom is 0.335 e. The van der Waals surface area contributed by atoms with Crippen LogP contribution in [0.1, 0.15) is 23.2 Å². The van der Waals surface area contributed by atoms with Gasteiger partial charge in [-0.05, 0) is 37.1 Å². The molecule has 2 rings (SSSR count). The van der Waals surface area contributed by atoms with Crippen molar-refractivity contribution in [2.45, 2.75) is 18.9 Å². The Bertz CT molecular complexity index is 759. The number of hydrogen-bond donors (Lipinski definition) is 5. The molecule has 2 aromatic rings. The van der Waals surface area contributed by atoms with Crippen molar-refractivity contribution in [3.05, 3.63) is 42.1 Å². The lowest BCUT2D eigenvalue weighted by atomic mass is 10.1. The summed E-state index contributed by atoms with van der Waals surface area (Å²) in [4.78, 5) is 28.6. The summed E-state index contributed by atoms with van der Waals surface area (Å²) in [7, 11) is 0. The van der Waals surface area contributed by atoms with E-state index in [4.69, 9.17) is 27.4 Å². The molecule has 8 N–H and O–H groups in total. The number of carboxylic acid groups (broad SMARTS) is 2. The van der Waals surface area contributed by atoms with E-state index in [2.05, 4.69) is 9.98 Å². The van der Waals surface area contributed by atoms with E-state index in [1.807, 2.05) is 6.07 Å². The molecule has 0 unspecified atom stereocenters. The zero-order valence-electron chi connectivity index (χ0n) is 13.5. The molecular weight excluding hydrogens is 326 g/mol. The number of aromatic nitrogens is 1. The van der Waals surface area contributed by atoms with Crippen LogP contribution in [0.2, 0.25) is 0 Å². The molecule has 1 heterocycles. The summed E-state index contributed by atoms with van der Waals surface area (Å²) < 4.78 is 0. The molecule has 1 aromatic carbocycles. The van der Waals surface area contributed by atoms with E-state index in [1.54, 1.807) is 30.5 Å². The minimum atomic E-state index is -1.00. The van der Waals surface area contributed by atoms with Gasteiger partial charge in [-0.2, -0.15) is 0 Å². The summed E-state index contributed by atoms with van der Waals surface area (Å²) in [6, 6.07) is 7.68. The number of carboxylic acids is 2. The topological polar surface area (TPSA) is 178 Å². The van der Waals surface area contributed by atoms with Gasteiger partial charge in [0.2, 0.25) is 0 Å². The van der Waals surface area contributed by atoms with Crippen LogP contribution >= 0.6 is 0 Å². The minimum Gasteiger partial charge on any atom is -0.480 e. The Morgan fingerprint density at radius 1 is 1.20 bits per heavy atom. The van der Waals surface area contributed by atoms with Gasteiger partial charge in [-0.25, -0.2) is 4.79 Å². The molecule has 0 bridgehead atoms. The van der Waals surface area contributed by atoms with Crippen LogP contribution in [0.5, 0.6) is 0 Å². The molecule has 0 radical (unpaired) electrons. The van der Waals surface area contributed by atoms with Crippen LogP contribution in [-0.2, 0) is 4.79 Å². The molecule has 1 aromatic heterocycles. The zero-order valence-corrected chi connectivity index (χ0v) is 13.5. The monoisotopic (exact) mass is 347 g/mol.